The van der Waals surface area contributed by atoms with Crippen molar-refractivity contribution in [3.05, 3.63) is 108 Å². The van der Waals surface area contributed by atoms with E-state index in [1.165, 1.54) is 0 Å². The van der Waals surface area contributed by atoms with Crippen LogP contribution in [-0.4, -0.2) is 29.9 Å². The topological polar surface area (TPSA) is 69.7 Å². The van der Waals surface area contributed by atoms with Crippen molar-refractivity contribution in [3.63, 3.8) is 0 Å². The van der Waals surface area contributed by atoms with Gasteiger partial charge in [0, 0.05) is 23.7 Å². The maximum absolute atomic E-state index is 13.6. The summed E-state index contributed by atoms with van der Waals surface area (Å²) in [6, 6.07) is 27.5. The lowest BCUT2D eigenvalue weighted by molar-refractivity contribution is -0.128. The minimum Gasteiger partial charge on any atom is -0.455 e. The van der Waals surface area contributed by atoms with Crippen LogP contribution >= 0.6 is 0 Å². The summed E-state index contributed by atoms with van der Waals surface area (Å²) in [5, 5.41) is 0. The van der Waals surface area contributed by atoms with E-state index in [0.29, 0.717) is 11.1 Å². The highest BCUT2D eigenvalue weighted by atomic mass is 16.6. The van der Waals surface area contributed by atoms with E-state index in [4.69, 9.17) is 9.47 Å². The first-order valence-electron chi connectivity index (χ1n) is 12.2. The average Bonchev–Trinajstić information content (AvgIpc) is 3.56. The number of ketones is 1. The first kappa shape index (κ1) is 21.8. The molecule has 0 amide bonds. The number of fused-ring (bicyclic) bond motifs is 5. The van der Waals surface area contributed by atoms with Crippen molar-refractivity contribution >= 4 is 17.7 Å². The SMILES string of the molecule is O=C(OC1C2CC(C1OC(=O)c1ccccc1)C1C(=O)C(c3ccccc3)CC21)c1ccccc1. The summed E-state index contributed by atoms with van der Waals surface area (Å²) >= 11 is 0. The molecular formula is C30H26O5. The summed E-state index contributed by atoms with van der Waals surface area (Å²) in [5.74, 6) is -1.03. The summed E-state index contributed by atoms with van der Waals surface area (Å²) < 4.78 is 12.0. The van der Waals surface area contributed by atoms with Gasteiger partial charge in [-0.15, -0.1) is 0 Å². The molecule has 5 heteroatoms. The molecule has 0 N–H and O–H groups in total. The van der Waals surface area contributed by atoms with Gasteiger partial charge in [-0.2, -0.15) is 0 Å². The molecule has 0 spiro atoms. The zero-order chi connectivity index (χ0) is 23.9. The minimum absolute atomic E-state index is 0.0103. The van der Waals surface area contributed by atoms with E-state index in [1.54, 1.807) is 48.5 Å². The van der Waals surface area contributed by atoms with Gasteiger partial charge in [0.15, 0.2) is 0 Å². The number of Topliss-reactive ketones (excluding diaryl/α,β-unsaturated/α-hetero) is 1. The number of carbonyl (C=O) groups is 3. The molecule has 7 atom stereocenters. The number of carbonyl (C=O) groups excluding carboxylic acids is 3. The Morgan fingerprint density at radius 1 is 0.600 bits per heavy atom. The Bertz CT molecular complexity index is 1240. The molecule has 3 aromatic rings. The second kappa shape index (κ2) is 8.81. The number of benzene rings is 3. The van der Waals surface area contributed by atoms with Gasteiger partial charge in [-0.3, -0.25) is 4.79 Å². The molecule has 3 aromatic carbocycles. The predicted molar refractivity (Wildman–Crippen MR) is 129 cm³/mol. The van der Waals surface area contributed by atoms with Gasteiger partial charge < -0.3 is 9.47 Å². The number of hydrogen-bond acceptors (Lipinski definition) is 5. The summed E-state index contributed by atoms with van der Waals surface area (Å²) in [6.07, 6.45) is 0.263. The van der Waals surface area contributed by atoms with Gasteiger partial charge in [0.2, 0.25) is 0 Å². The molecule has 176 valence electrons. The molecule has 3 aliphatic carbocycles. The summed E-state index contributed by atoms with van der Waals surface area (Å²) in [6.45, 7) is 0. The van der Waals surface area contributed by atoms with E-state index >= 15 is 0 Å². The van der Waals surface area contributed by atoms with Crippen molar-refractivity contribution in [1.29, 1.82) is 0 Å². The lowest BCUT2D eigenvalue weighted by atomic mass is 9.78. The number of hydrogen-bond donors (Lipinski definition) is 0. The Balaban J connectivity index is 1.30. The summed E-state index contributed by atoms with van der Waals surface area (Å²) in [4.78, 5) is 39.6. The molecule has 3 saturated carbocycles. The summed E-state index contributed by atoms with van der Waals surface area (Å²) in [7, 11) is 0. The molecule has 0 aromatic heterocycles. The molecule has 3 aliphatic rings. The average molecular weight is 467 g/mol. The largest absolute Gasteiger partial charge is 0.455 e. The molecule has 0 aliphatic heterocycles. The Hall–Kier alpha value is -3.73. The maximum atomic E-state index is 13.6. The van der Waals surface area contributed by atoms with Crippen molar-refractivity contribution in [3.8, 4) is 0 Å². The van der Waals surface area contributed by atoms with Crippen LogP contribution in [0.4, 0.5) is 0 Å². The molecule has 0 heterocycles. The van der Waals surface area contributed by atoms with Crippen molar-refractivity contribution < 1.29 is 23.9 Å². The third-order valence-corrected chi connectivity index (χ3v) is 8.07. The standard InChI is InChI=1S/C30H26O5/c31-26-21(18-10-4-1-5-11-18)16-22-23-17-24(25(22)26)28(35-30(33)20-14-8-3-9-15-20)27(23)34-29(32)19-12-6-2-7-13-19/h1-15,21-25,27-28H,16-17H2. The maximum Gasteiger partial charge on any atom is 0.338 e. The Morgan fingerprint density at radius 3 is 1.63 bits per heavy atom. The van der Waals surface area contributed by atoms with E-state index in [9.17, 15) is 14.4 Å². The molecule has 7 unspecified atom stereocenters. The molecule has 3 fully saturated rings. The zero-order valence-electron chi connectivity index (χ0n) is 19.2. The molecular weight excluding hydrogens is 440 g/mol. The third-order valence-electron chi connectivity index (χ3n) is 8.07. The Morgan fingerprint density at radius 2 is 1.09 bits per heavy atom. The third kappa shape index (κ3) is 3.75. The van der Waals surface area contributed by atoms with Crippen LogP contribution in [0.25, 0.3) is 0 Å². The van der Waals surface area contributed by atoms with Crippen LogP contribution in [-0.2, 0) is 14.3 Å². The summed E-state index contributed by atoms with van der Waals surface area (Å²) in [5.41, 5.74) is 1.94. The lowest BCUT2D eigenvalue weighted by Gasteiger charge is -2.36. The Kier molecular flexibility index (Phi) is 5.48. The molecule has 0 radical (unpaired) electrons. The first-order chi connectivity index (χ1) is 17.1. The van der Waals surface area contributed by atoms with Crippen molar-refractivity contribution in [2.45, 2.75) is 31.0 Å². The van der Waals surface area contributed by atoms with Crippen LogP contribution in [0.5, 0.6) is 0 Å². The van der Waals surface area contributed by atoms with E-state index < -0.39 is 24.1 Å². The van der Waals surface area contributed by atoms with Crippen LogP contribution in [0.1, 0.15) is 45.0 Å². The minimum atomic E-state index is -0.639. The predicted octanol–water partition coefficient (Wildman–Crippen LogP) is 5.08. The monoisotopic (exact) mass is 466 g/mol. The molecule has 5 nitrogen and oxygen atoms in total. The molecule has 6 rings (SSSR count). The highest BCUT2D eigenvalue weighted by Crippen LogP contribution is 2.61. The number of ether oxygens (including phenoxy) is 2. The van der Waals surface area contributed by atoms with Gasteiger partial charge in [0.25, 0.3) is 0 Å². The second-order valence-electron chi connectivity index (χ2n) is 9.83. The lowest BCUT2D eigenvalue weighted by Crippen LogP contribution is -2.46. The van der Waals surface area contributed by atoms with Gasteiger partial charge >= 0.3 is 11.9 Å². The van der Waals surface area contributed by atoms with Crippen molar-refractivity contribution in [2.24, 2.45) is 23.7 Å². The molecule has 35 heavy (non-hydrogen) atoms. The van der Waals surface area contributed by atoms with E-state index in [-0.39, 0.29) is 35.4 Å². The van der Waals surface area contributed by atoms with Crippen LogP contribution in [0, 0.1) is 23.7 Å². The van der Waals surface area contributed by atoms with Gasteiger partial charge in [-0.05, 0) is 48.6 Å². The van der Waals surface area contributed by atoms with E-state index in [0.717, 1.165) is 18.4 Å². The van der Waals surface area contributed by atoms with Gasteiger partial charge in [-0.1, -0.05) is 66.7 Å². The normalized spacial score (nSPS) is 30.6. The van der Waals surface area contributed by atoms with Crippen LogP contribution in [0.2, 0.25) is 0 Å². The number of rotatable bonds is 5. The fraction of sp³-hybridized carbons (Fsp3) is 0.300. The van der Waals surface area contributed by atoms with Gasteiger partial charge in [-0.25, -0.2) is 9.59 Å². The zero-order valence-corrected chi connectivity index (χ0v) is 19.2. The van der Waals surface area contributed by atoms with Crippen LogP contribution in [0.15, 0.2) is 91.0 Å². The second-order valence-corrected chi connectivity index (χ2v) is 9.83. The van der Waals surface area contributed by atoms with E-state index in [1.807, 2.05) is 42.5 Å². The highest BCUT2D eigenvalue weighted by Gasteiger charge is 2.66. The Labute approximate surface area is 204 Å². The quantitative estimate of drug-likeness (QED) is 0.491. The van der Waals surface area contributed by atoms with Crippen molar-refractivity contribution in [2.75, 3.05) is 0 Å². The fourth-order valence-electron chi connectivity index (χ4n) is 6.61. The molecule has 2 bridgehead atoms. The highest BCUT2D eigenvalue weighted by molar-refractivity contribution is 5.93. The van der Waals surface area contributed by atoms with Crippen molar-refractivity contribution in [1.82, 2.24) is 0 Å². The van der Waals surface area contributed by atoms with E-state index in [2.05, 4.69) is 0 Å². The van der Waals surface area contributed by atoms with Crippen LogP contribution in [0.3, 0.4) is 0 Å². The molecule has 0 saturated heterocycles. The fourth-order valence-corrected chi connectivity index (χ4v) is 6.61. The van der Waals surface area contributed by atoms with Gasteiger partial charge in [0.05, 0.1) is 11.1 Å². The first-order valence-corrected chi connectivity index (χ1v) is 12.2. The van der Waals surface area contributed by atoms with Gasteiger partial charge in [0.1, 0.15) is 18.0 Å². The van der Waals surface area contributed by atoms with Crippen LogP contribution < -0.4 is 0 Å². The number of esters is 2. The smallest absolute Gasteiger partial charge is 0.338 e.